The number of nitrogens with one attached hydrogen (secondary N) is 1. The van der Waals surface area contributed by atoms with Crippen molar-refractivity contribution in [1.82, 2.24) is 10.2 Å². The smallest absolute Gasteiger partial charge is 0.255 e. The van der Waals surface area contributed by atoms with Crippen LogP contribution in [0.2, 0.25) is 0 Å². The van der Waals surface area contributed by atoms with Crippen molar-refractivity contribution in [2.24, 2.45) is 0 Å². The molecule has 0 bridgehead atoms. The van der Waals surface area contributed by atoms with Crippen LogP contribution < -0.4 is 5.32 Å². The molecule has 2 rings (SSSR count). The van der Waals surface area contributed by atoms with Crippen LogP contribution >= 0.6 is 0 Å². The number of hydrogen-bond acceptors (Lipinski definition) is 4. The summed E-state index contributed by atoms with van der Waals surface area (Å²) in [5.74, 6) is 1.33. The van der Waals surface area contributed by atoms with E-state index in [2.05, 4.69) is 24.1 Å². The molecule has 0 aromatic carbocycles. The topological polar surface area (TPSA) is 54.7 Å². The SMILES string of the molecule is CO[C@@H]1CN(C(C)C)C[C@H]1NC(=O)c1cc(C)oc1C. The molecule has 0 aliphatic carbocycles. The molecular weight excluding hydrogens is 256 g/mol. The van der Waals surface area contributed by atoms with Crippen molar-refractivity contribution in [1.29, 1.82) is 0 Å². The summed E-state index contributed by atoms with van der Waals surface area (Å²) in [5, 5.41) is 3.07. The van der Waals surface area contributed by atoms with Crippen LogP contribution in [-0.4, -0.2) is 49.2 Å². The predicted molar refractivity (Wildman–Crippen MR) is 76.9 cm³/mol. The monoisotopic (exact) mass is 280 g/mol. The van der Waals surface area contributed by atoms with E-state index in [9.17, 15) is 4.79 Å². The van der Waals surface area contributed by atoms with E-state index in [1.807, 2.05) is 13.8 Å². The molecule has 1 aliphatic heterocycles. The molecule has 1 N–H and O–H groups in total. The zero-order chi connectivity index (χ0) is 14.9. The van der Waals surface area contributed by atoms with Crippen molar-refractivity contribution >= 4 is 5.91 Å². The second-order valence-corrected chi connectivity index (χ2v) is 5.73. The number of rotatable bonds is 4. The number of furan rings is 1. The van der Waals surface area contributed by atoms with Gasteiger partial charge >= 0.3 is 0 Å². The molecular formula is C15H24N2O3. The lowest BCUT2D eigenvalue weighted by molar-refractivity contribution is 0.0752. The molecule has 1 aromatic rings. The van der Waals surface area contributed by atoms with Gasteiger partial charge in [0.25, 0.3) is 5.91 Å². The van der Waals surface area contributed by atoms with E-state index in [1.165, 1.54) is 0 Å². The molecule has 0 radical (unpaired) electrons. The highest BCUT2D eigenvalue weighted by atomic mass is 16.5. The van der Waals surface area contributed by atoms with Gasteiger partial charge in [0, 0.05) is 26.2 Å². The molecule has 5 heteroatoms. The normalized spacial score (nSPS) is 23.5. The minimum atomic E-state index is -0.0861. The zero-order valence-electron chi connectivity index (χ0n) is 12.9. The number of aryl methyl sites for hydroxylation is 2. The van der Waals surface area contributed by atoms with Crippen LogP contribution in [0.4, 0.5) is 0 Å². The summed E-state index contributed by atoms with van der Waals surface area (Å²) in [4.78, 5) is 14.6. The Bertz CT molecular complexity index is 481. The maximum absolute atomic E-state index is 12.3. The van der Waals surface area contributed by atoms with E-state index in [4.69, 9.17) is 9.15 Å². The molecule has 1 saturated heterocycles. The summed E-state index contributed by atoms with van der Waals surface area (Å²) in [7, 11) is 1.70. The summed E-state index contributed by atoms with van der Waals surface area (Å²) < 4.78 is 10.9. The summed E-state index contributed by atoms with van der Waals surface area (Å²) >= 11 is 0. The van der Waals surface area contributed by atoms with Crippen LogP contribution in [0.5, 0.6) is 0 Å². The summed E-state index contributed by atoms with van der Waals surface area (Å²) in [6.07, 6.45) is 0.0367. The Morgan fingerprint density at radius 1 is 1.45 bits per heavy atom. The minimum Gasteiger partial charge on any atom is -0.466 e. The Kier molecular flexibility index (Phi) is 4.50. The van der Waals surface area contributed by atoms with Crippen LogP contribution in [-0.2, 0) is 4.74 Å². The number of methoxy groups -OCH3 is 1. The maximum Gasteiger partial charge on any atom is 0.255 e. The minimum absolute atomic E-state index is 0.0181. The molecule has 112 valence electrons. The molecule has 1 amide bonds. The van der Waals surface area contributed by atoms with E-state index < -0.39 is 0 Å². The van der Waals surface area contributed by atoms with Crippen LogP contribution in [0.15, 0.2) is 10.5 Å². The molecule has 20 heavy (non-hydrogen) atoms. The van der Waals surface area contributed by atoms with Crippen molar-refractivity contribution in [2.75, 3.05) is 20.2 Å². The zero-order valence-corrected chi connectivity index (χ0v) is 12.9. The first-order valence-corrected chi connectivity index (χ1v) is 7.07. The van der Waals surface area contributed by atoms with Crippen LogP contribution in [0.3, 0.4) is 0 Å². The van der Waals surface area contributed by atoms with Gasteiger partial charge in [0.2, 0.25) is 0 Å². The number of amides is 1. The van der Waals surface area contributed by atoms with E-state index in [-0.39, 0.29) is 18.1 Å². The third-order valence-electron chi connectivity index (χ3n) is 3.93. The molecule has 1 fully saturated rings. The van der Waals surface area contributed by atoms with Gasteiger partial charge in [0.05, 0.1) is 17.7 Å². The number of carbonyl (C=O) groups excluding carboxylic acids is 1. The van der Waals surface area contributed by atoms with E-state index >= 15 is 0 Å². The van der Waals surface area contributed by atoms with Gasteiger partial charge in [-0.1, -0.05) is 0 Å². The van der Waals surface area contributed by atoms with Crippen molar-refractivity contribution < 1.29 is 13.9 Å². The number of nitrogens with zero attached hydrogens (tertiary/aromatic N) is 1. The largest absolute Gasteiger partial charge is 0.466 e. The van der Waals surface area contributed by atoms with E-state index in [1.54, 1.807) is 13.2 Å². The van der Waals surface area contributed by atoms with Crippen molar-refractivity contribution in [2.45, 2.75) is 45.9 Å². The Hall–Kier alpha value is -1.33. The lowest BCUT2D eigenvalue weighted by Crippen LogP contribution is -2.43. The summed E-state index contributed by atoms with van der Waals surface area (Å²) in [5.41, 5.74) is 0.611. The first kappa shape index (κ1) is 15.1. The van der Waals surface area contributed by atoms with Gasteiger partial charge in [-0.15, -0.1) is 0 Å². The Labute approximate surface area is 120 Å². The van der Waals surface area contributed by atoms with E-state index in [0.717, 1.165) is 18.8 Å². The number of ether oxygens (including phenoxy) is 1. The average molecular weight is 280 g/mol. The van der Waals surface area contributed by atoms with E-state index in [0.29, 0.717) is 17.4 Å². The number of hydrogen-bond donors (Lipinski definition) is 1. The average Bonchev–Trinajstić information content (AvgIpc) is 2.92. The highest BCUT2D eigenvalue weighted by Gasteiger charge is 2.35. The van der Waals surface area contributed by atoms with Crippen molar-refractivity contribution in [3.8, 4) is 0 Å². The van der Waals surface area contributed by atoms with Gasteiger partial charge in [-0.05, 0) is 33.8 Å². The first-order chi connectivity index (χ1) is 9.42. The van der Waals surface area contributed by atoms with Gasteiger partial charge in [-0.2, -0.15) is 0 Å². The summed E-state index contributed by atoms with van der Waals surface area (Å²) in [6, 6.07) is 2.25. The fraction of sp³-hybridized carbons (Fsp3) is 0.667. The van der Waals surface area contributed by atoms with Gasteiger partial charge in [0.15, 0.2) is 0 Å². The maximum atomic E-state index is 12.3. The molecule has 0 spiro atoms. The quantitative estimate of drug-likeness (QED) is 0.912. The van der Waals surface area contributed by atoms with Gasteiger partial charge in [0.1, 0.15) is 11.5 Å². The van der Waals surface area contributed by atoms with Crippen LogP contribution in [0, 0.1) is 13.8 Å². The molecule has 0 saturated carbocycles. The highest BCUT2D eigenvalue weighted by Crippen LogP contribution is 2.18. The third-order valence-corrected chi connectivity index (χ3v) is 3.93. The van der Waals surface area contributed by atoms with Gasteiger partial charge in [-0.25, -0.2) is 0 Å². The van der Waals surface area contributed by atoms with Crippen molar-refractivity contribution in [3.63, 3.8) is 0 Å². The van der Waals surface area contributed by atoms with Crippen LogP contribution in [0.25, 0.3) is 0 Å². The third kappa shape index (κ3) is 3.04. The molecule has 1 aliphatic rings. The predicted octanol–water partition coefficient (Wildman–Crippen LogP) is 1.73. The Morgan fingerprint density at radius 2 is 2.15 bits per heavy atom. The number of likely N-dealkylation sites (tertiary alicyclic amines) is 1. The lowest BCUT2D eigenvalue weighted by atomic mass is 10.1. The Balaban J connectivity index is 2.05. The fourth-order valence-corrected chi connectivity index (χ4v) is 2.70. The number of carbonyl (C=O) groups is 1. The second-order valence-electron chi connectivity index (χ2n) is 5.73. The molecule has 1 aromatic heterocycles. The fourth-order valence-electron chi connectivity index (χ4n) is 2.70. The van der Waals surface area contributed by atoms with Gasteiger partial charge in [-0.3, -0.25) is 9.69 Å². The standard InChI is InChI=1S/C15H24N2O3/c1-9(2)17-7-13(14(8-17)19-5)16-15(18)12-6-10(3)20-11(12)4/h6,9,13-14H,7-8H2,1-5H3,(H,16,18)/t13-,14-/m1/s1. The molecule has 2 heterocycles. The molecule has 0 unspecified atom stereocenters. The molecule has 2 atom stereocenters. The van der Waals surface area contributed by atoms with Crippen molar-refractivity contribution in [3.05, 3.63) is 23.2 Å². The second kappa shape index (κ2) is 5.97. The first-order valence-electron chi connectivity index (χ1n) is 7.07. The van der Waals surface area contributed by atoms with Gasteiger partial charge < -0.3 is 14.5 Å². The summed E-state index contributed by atoms with van der Waals surface area (Å²) in [6.45, 7) is 9.63. The Morgan fingerprint density at radius 3 is 2.65 bits per heavy atom. The highest BCUT2D eigenvalue weighted by molar-refractivity contribution is 5.95. The lowest BCUT2D eigenvalue weighted by Gasteiger charge is -2.19. The molecule has 5 nitrogen and oxygen atoms in total. The van der Waals surface area contributed by atoms with Crippen LogP contribution in [0.1, 0.15) is 35.7 Å².